The standard InChI is InChI=1S/C12H9F3O/c1-8-7-10(12(13,14)15)16-11(8)9-5-3-2-4-6-9/h2-7H,1H3. The van der Waals surface area contributed by atoms with Crippen LogP contribution in [0.2, 0.25) is 0 Å². The fraction of sp³-hybridized carbons (Fsp3) is 0.167. The van der Waals surface area contributed by atoms with E-state index >= 15 is 0 Å². The van der Waals surface area contributed by atoms with Crippen molar-refractivity contribution in [3.63, 3.8) is 0 Å². The van der Waals surface area contributed by atoms with E-state index in [1.165, 1.54) is 0 Å². The Morgan fingerprint density at radius 2 is 1.69 bits per heavy atom. The van der Waals surface area contributed by atoms with E-state index in [2.05, 4.69) is 0 Å². The number of alkyl halides is 3. The molecule has 1 heterocycles. The van der Waals surface area contributed by atoms with Crippen LogP contribution in [-0.2, 0) is 6.18 Å². The molecule has 0 radical (unpaired) electrons. The summed E-state index contributed by atoms with van der Waals surface area (Å²) >= 11 is 0. The molecule has 1 nitrogen and oxygen atoms in total. The van der Waals surface area contributed by atoms with Crippen molar-refractivity contribution < 1.29 is 17.6 Å². The summed E-state index contributed by atoms with van der Waals surface area (Å²) in [6.07, 6.45) is -4.43. The van der Waals surface area contributed by atoms with Crippen LogP contribution in [0.4, 0.5) is 13.2 Å². The summed E-state index contributed by atoms with van der Waals surface area (Å²) in [6.45, 7) is 1.60. The van der Waals surface area contributed by atoms with Gasteiger partial charge in [-0.1, -0.05) is 30.3 Å². The van der Waals surface area contributed by atoms with Crippen LogP contribution in [0.5, 0.6) is 0 Å². The highest BCUT2D eigenvalue weighted by atomic mass is 19.4. The number of aryl methyl sites for hydroxylation is 1. The molecule has 0 saturated heterocycles. The van der Waals surface area contributed by atoms with E-state index in [-0.39, 0.29) is 5.76 Å². The Kier molecular flexibility index (Phi) is 2.50. The van der Waals surface area contributed by atoms with Crippen molar-refractivity contribution >= 4 is 0 Å². The molecule has 0 aliphatic heterocycles. The zero-order valence-corrected chi connectivity index (χ0v) is 8.51. The van der Waals surface area contributed by atoms with Crippen LogP contribution in [0.3, 0.4) is 0 Å². The van der Waals surface area contributed by atoms with Gasteiger partial charge < -0.3 is 4.42 Å². The average molecular weight is 226 g/mol. The normalized spacial score (nSPS) is 11.8. The van der Waals surface area contributed by atoms with Gasteiger partial charge in [0.1, 0.15) is 5.76 Å². The van der Waals surface area contributed by atoms with Crippen LogP contribution in [-0.4, -0.2) is 0 Å². The Hall–Kier alpha value is -1.71. The zero-order chi connectivity index (χ0) is 11.8. The van der Waals surface area contributed by atoms with Crippen molar-refractivity contribution in [2.24, 2.45) is 0 Å². The number of hydrogen-bond donors (Lipinski definition) is 0. The van der Waals surface area contributed by atoms with Gasteiger partial charge in [-0.3, -0.25) is 0 Å². The summed E-state index contributed by atoms with van der Waals surface area (Å²) in [5.74, 6) is -0.684. The second-order valence-electron chi connectivity index (χ2n) is 3.49. The second-order valence-corrected chi connectivity index (χ2v) is 3.49. The molecule has 0 fully saturated rings. The van der Waals surface area contributed by atoms with E-state index < -0.39 is 11.9 Å². The van der Waals surface area contributed by atoms with Gasteiger partial charge in [-0.15, -0.1) is 0 Å². The molecule has 1 aromatic carbocycles. The van der Waals surface area contributed by atoms with E-state index in [1.54, 1.807) is 37.3 Å². The minimum Gasteiger partial charge on any atom is -0.451 e. The average Bonchev–Trinajstić information content (AvgIpc) is 2.61. The molecule has 0 aliphatic carbocycles. The fourth-order valence-electron chi connectivity index (χ4n) is 1.50. The number of benzene rings is 1. The molecule has 0 saturated carbocycles. The third kappa shape index (κ3) is 1.96. The molecule has 2 rings (SSSR count). The number of halogens is 3. The molecule has 0 amide bonds. The largest absolute Gasteiger partial charge is 0.451 e. The van der Waals surface area contributed by atoms with Crippen LogP contribution in [0, 0.1) is 6.92 Å². The summed E-state index contributed by atoms with van der Waals surface area (Å²) in [6, 6.07) is 9.75. The maximum absolute atomic E-state index is 12.4. The Morgan fingerprint density at radius 3 is 2.19 bits per heavy atom. The van der Waals surface area contributed by atoms with Crippen LogP contribution < -0.4 is 0 Å². The van der Waals surface area contributed by atoms with Crippen molar-refractivity contribution in [2.45, 2.75) is 13.1 Å². The van der Waals surface area contributed by atoms with E-state index in [1.807, 2.05) is 0 Å². The van der Waals surface area contributed by atoms with Gasteiger partial charge in [-0.25, -0.2) is 0 Å². The first-order valence-corrected chi connectivity index (χ1v) is 4.71. The summed E-state index contributed by atoms with van der Waals surface area (Å²) in [4.78, 5) is 0. The Morgan fingerprint density at radius 1 is 1.06 bits per heavy atom. The van der Waals surface area contributed by atoms with Gasteiger partial charge in [-0.05, 0) is 18.6 Å². The lowest BCUT2D eigenvalue weighted by atomic mass is 10.1. The molecule has 4 heteroatoms. The summed E-state index contributed by atoms with van der Waals surface area (Å²) < 4.78 is 42.0. The molecule has 1 aromatic heterocycles. The lowest BCUT2D eigenvalue weighted by Gasteiger charge is -2.01. The van der Waals surface area contributed by atoms with E-state index in [4.69, 9.17) is 4.42 Å². The quantitative estimate of drug-likeness (QED) is 0.707. The molecule has 2 aromatic rings. The van der Waals surface area contributed by atoms with Crippen LogP contribution in [0.1, 0.15) is 11.3 Å². The molecule has 0 bridgehead atoms. The maximum atomic E-state index is 12.4. The van der Waals surface area contributed by atoms with Gasteiger partial charge in [0, 0.05) is 5.56 Å². The van der Waals surface area contributed by atoms with Gasteiger partial charge in [0.05, 0.1) is 0 Å². The molecule has 16 heavy (non-hydrogen) atoms. The second kappa shape index (κ2) is 3.70. The smallest absolute Gasteiger partial charge is 0.449 e. The number of hydrogen-bond acceptors (Lipinski definition) is 1. The van der Waals surface area contributed by atoms with Crippen molar-refractivity contribution in [1.82, 2.24) is 0 Å². The molecule has 0 atom stereocenters. The molecular formula is C12H9F3O. The lowest BCUT2D eigenvalue weighted by molar-refractivity contribution is -0.152. The third-order valence-electron chi connectivity index (χ3n) is 2.23. The minimum absolute atomic E-state index is 0.271. The summed E-state index contributed by atoms with van der Waals surface area (Å²) in [7, 11) is 0. The molecule has 0 spiro atoms. The predicted octanol–water partition coefficient (Wildman–Crippen LogP) is 4.27. The first kappa shape index (κ1) is 10.8. The van der Waals surface area contributed by atoms with Crippen molar-refractivity contribution in [1.29, 1.82) is 0 Å². The summed E-state index contributed by atoms with van der Waals surface area (Å²) in [5.41, 5.74) is 1.13. The lowest BCUT2D eigenvalue weighted by Crippen LogP contribution is -2.02. The highest BCUT2D eigenvalue weighted by molar-refractivity contribution is 5.61. The van der Waals surface area contributed by atoms with Crippen molar-refractivity contribution in [3.8, 4) is 11.3 Å². The van der Waals surface area contributed by atoms with E-state index in [9.17, 15) is 13.2 Å². The molecule has 84 valence electrons. The molecule has 0 aliphatic rings. The van der Waals surface area contributed by atoms with Crippen LogP contribution >= 0.6 is 0 Å². The fourth-order valence-corrected chi connectivity index (χ4v) is 1.50. The molecular weight excluding hydrogens is 217 g/mol. The third-order valence-corrected chi connectivity index (χ3v) is 2.23. The monoisotopic (exact) mass is 226 g/mol. The van der Waals surface area contributed by atoms with Gasteiger partial charge in [0.15, 0.2) is 0 Å². The Labute approximate surface area is 90.5 Å². The topological polar surface area (TPSA) is 13.1 Å². The maximum Gasteiger partial charge on any atom is 0.449 e. The number of furan rings is 1. The van der Waals surface area contributed by atoms with Crippen LogP contribution in [0.25, 0.3) is 11.3 Å². The Balaban J connectivity index is 2.48. The molecule has 0 N–H and O–H groups in total. The van der Waals surface area contributed by atoms with E-state index in [0.717, 1.165) is 6.07 Å². The zero-order valence-electron chi connectivity index (χ0n) is 8.51. The minimum atomic E-state index is -4.43. The van der Waals surface area contributed by atoms with Gasteiger partial charge >= 0.3 is 6.18 Å². The SMILES string of the molecule is Cc1cc(C(F)(F)F)oc1-c1ccccc1. The highest BCUT2D eigenvalue weighted by Crippen LogP contribution is 2.35. The highest BCUT2D eigenvalue weighted by Gasteiger charge is 2.35. The first-order chi connectivity index (χ1) is 7.48. The first-order valence-electron chi connectivity index (χ1n) is 4.71. The van der Waals surface area contributed by atoms with Gasteiger partial charge in [0.2, 0.25) is 5.76 Å². The molecule has 0 unspecified atom stereocenters. The Bertz CT molecular complexity index is 483. The summed E-state index contributed by atoms with van der Waals surface area (Å²) in [5, 5.41) is 0. The van der Waals surface area contributed by atoms with Gasteiger partial charge in [0.25, 0.3) is 0 Å². The van der Waals surface area contributed by atoms with Crippen LogP contribution in [0.15, 0.2) is 40.8 Å². The van der Waals surface area contributed by atoms with Crippen molar-refractivity contribution in [2.75, 3.05) is 0 Å². The number of rotatable bonds is 1. The van der Waals surface area contributed by atoms with E-state index in [0.29, 0.717) is 11.1 Å². The van der Waals surface area contributed by atoms with Crippen molar-refractivity contribution in [3.05, 3.63) is 47.7 Å². The predicted molar refractivity (Wildman–Crippen MR) is 53.9 cm³/mol. The van der Waals surface area contributed by atoms with Gasteiger partial charge in [-0.2, -0.15) is 13.2 Å².